The third-order valence-corrected chi connectivity index (χ3v) is 7.89. The van der Waals surface area contributed by atoms with Gasteiger partial charge >= 0.3 is 0 Å². The number of nitrogens with zero attached hydrogens (tertiary/aromatic N) is 1. The van der Waals surface area contributed by atoms with Gasteiger partial charge in [-0.25, -0.2) is 9.37 Å². The molecule has 2 N–H and O–H groups in total. The first-order valence-electron chi connectivity index (χ1n) is 13.6. The van der Waals surface area contributed by atoms with Gasteiger partial charge in [0, 0.05) is 29.3 Å². The molecular formula is C31H34FN3O3. The number of amides is 2. The van der Waals surface area contributed by atoms with Crippen LogP contribution in [0.2, 0.25) is 0 Å². The van der Waals surface area contributed by atoms with Crippen LogP contribution in [0.4, 0.5) is 4.39 Å². The van der Waals surface area contributed by atoms with Crippen molar-refractivity contribution < 1.29 is 18.4 Å². The van der Waals surface area contributed by atoms with Crippen molar-refractivity contribution in [1.82, 2.24) is 15.6 Å². The molecule has 2 amide bonds. The molecule has 0 atom stereocenters. The SMILES string of the molecule is CCCc1nc2oc(-c3ccc(F)cc3)c(C(=O)NC)c2cc1C1=CCCC(C(=O)NC2(CC)CCC2)=C1. The van der Waals surface area contributed by atoms with Crippen molar-refractivity contribution in [3.05, 3.63) is 70.7 Å². The monoisotopic (exact) mass is 515 g/mol. The van der Waals surface area contributed by atoms with E-state index in [4.69, 9.17) is 9.40 Å². The van der Waals surface area contributed by atoms with Crippen LogP contribution in [0, 0.1) is 5.82 Å². The van der Waals surface area contributed by atoms with Crippen LogP contribution in [0.15, 0.2) is 52.5 Å². The number of aromatic nitrogens is 1. The van der Waals surface area contributed by atoms with Crippen LogP contribution in [-0.4, -0.2) is 29.4 Å². The molecular weight excluding hydrogens is 481 g/mol. The van der Waals surface area contributed by atoms with E-state index in [2.05, 4.69) is 30.6 Å². The maximum Gasteiger partial charge on any atom is 0.255 e. The number of hydrogen-bond donors (Lipinski definition) is 2. The van der Waals surface area contributed by atoms with Crippen molar-refractivity contribution in [2.24, 2.45) is 0 Å². The minimum Gasteiger partial charge on any atom is -0.437 e. The van der Waals surface area contributed by atoms with E-state index in [1.54, 1.807) is 19.2 Å². The smallest absolute Gasteiger partial charge is 0.255 e. The maximum absolute atomic E-state index is 13.6. The highest BCUT2D eigenvalue weighted by Crippen LogP contribution is 2.38. The number of furan rings is 1. The number of rotatable bonds is 8. The molecule has 0 unspecified atom stereocenters. The van der Waals surface area contributed by atoms with Crippen molar-refractivity contribution in [3.8, 4) is 11.3 Å². The molecule has 7 heteroatoms. The minimum atomic E-state index is -0.366. The average Bonchev–Trinajstić information content (AvgIpc) is 3.28. The Hall–Kier alpha value is -3.74. The summed E-state index contributed by atoms with van der Waals surface area (Å²) in [5, 5.41) is 6.59. The Kier molecular flexibility index (Phi) is 7.19. The number of hydrogen-bond acceptors (Lipinski definition) is 4. The highest BCUT2D eigenvalue weighted by molar-refractivity contribution is 6.11. The van der Waals surface area contributed by atoms with Crippen molar-refractivity contribution in [1.29, 1.82) is 0 Å². The summed E-state index contributed by atoms with van der Waals surface area (Å²) in [7, 11) is 1.57. The van der Waals surface area contributed by atoms with Gasteiger partial charge in [-0.3, -0.25) is 9.59 Å². The second-order valence-electron chi connectivity index (χ2n) is 10.3. The standard InChI is InChI=1S/C31H34FN3O3/c1-4-8-25-23(20-9-6-10-21(17-20)28(36)35-31(5-2)15-7-16-31)18-24-26(29(37)33-3)27(38-30(24)34-25)19-11-13-22(32)14-12-19/h9,11-14,17-18H,4-8,10,15-16H2,1-3H3,(H,33,37)(H,35,36). The zero-order valence-corrected chi connectivity index (χ0v) is 22.2. The van der Waals surface area contributed by atoms with E-state index < -0.39 is 0 Å². The van der Waals surface area contributed by atoms with Crippen LogP contribution >= 0.6 is 0 Å². The molecule has 2 aliphatic rings. The number of pyridine rings is 1. The number of fused-ring (bicyclic) bond motifs is 1. The predicted molar refractivity (Wildman–Crippen MR) is 147 cm³/mol. The number of aryl methyl sites for hydroxylation is 1. The van der Waals surface area contributed by atoms with Gasteiger partial charge in [0.2, 0.25) is 11.6 Å². The number of nitrogens with one attached hydrogen (secondary N) is 2. The first-order valence-corrected chi connectivity index (χ1v) is 13.6. The molecule has 0 radical (unpaired) electrons. The third-order valence-electron chi connectivity index (χ3n) is 7.89. The van der Waals surface area contributed by atoms with Gasteiger partial charge in [-0.05, 0) is 86.9 Å². The van der Waals surface area contributed by atoms with E-state index in [1.807, 2.05) is 12.1 Å². The Morgan fingerprint density at radius 2 is 1.89 bits per heavy atom. The summed E-state index contributed by atoms with van der Waals surface area (Å²) in [5.74, 6) is -0.311. The second kappa shape index (κ2) is 10.6. The van der Waals surface area contributed by atoms with Crippen molar-refractivity contribution in [3.63, 3.8) is 0 Å². The summed E-state index contributed by atoms with van der Waals surface area (Å²) >= 11 is 0. The van der Waals surface area contributed by atoms with Crippen molar-refractivity contribution >= 4 is 28.5 Å². The Morgan fingerprint density at radius 3 is 2.53 bits per heavy atom. The summed E-state index contributed by atoms with van der Waals surface area (Å²) in [4.78, 5) is 31.1. The van der Waals surface area contributed by atoms with Crippen LogP contribution in [0.1, 0.15) is 80.4 Å². The van der Waals surface area contributed by atoms with Gasteiger partial charge in [0.25, 0.3) is 5.91 Å². The zero-order valence-electron chi connectivity index (χ0n) is 22.2. The number of allylic oxidation sites excluding steroid dienone is 3. The lowest BCUT2D eigenvalue weighted by Gasteiger charge is -2.42. The number of carbonyl (C=O) groups is 2. The van der Waals surface area contributed by atoms with Crippen LogP contribution in [0.25, 0.3) is 28.0 Å². The van der Waals surface area contributed by atoms with Crippen LogP contribution in [-0.2, 0) is 11.2 Å². The van der Waals surface area contributed by atoms with Crippen molar-refractivity contribution in [2.45, 2.75) is 70.8 Å². The Morgan fingerprint density at radius 1 is 1.13 bits per heavy atom. The lowest BCUT2D eigenvalue weighted by molar-refractivity contribution is -0.120. The minimum absolute atomic E-state index is 0.0104. The summed E-state index contributed by atoms with van der Waals surface area (Å²) < 4.78 is 19.7. The van der Waals surface area contributed by atoms with E-state index in [0.717, 1.165) is 67.3 Å². The van der Waals surface area contributed by atoms with E-state index >= 15 is 0 Å². The Bertz CT molecular complexity index is 1440. The third kappa shape index (κ3) is 4.77. The summed E-state index contributed by atoms with van der Waals surface area (Å²) in [6, 6.07) is 7.82. The fourth-order valence-electron chi connectivity index (χ4n) is 5.45. The number of halogens is 1. The van der Waals surface area contributed by atoms with Crippen LogP contribution in [0.5, 0.6) is 0 Å². The Labute approximate surface area is 222 Å². The maximum atomic E-state index is 13.6. The zero-order chi connectivity index (χ0) is 26.9. The molecule has 1 saturated carbocycles. The average molecular weight is 516 g/mol. The predicted octanol–water partition coefficient (Wildman–Crippen LogP) is 6.50. The normalized spacial score (nSPS) is 16.4. The van der Waals surface area contributed by atoms with Gasteiger partial charge in [0.15, 0.2) is 0 Å². The number of carbonyl (C=O) groups excluding carboxylic acids is 2. The molecule has 3 aromatic rings. The van der Waals surface area contributed by atoms with Gasteiger partial charge in [-0.2, -0.15) is 0 Å². The molecule has 6 nitrogen and oxygen atoms in total. The van der Waals surface area contributed by atoms with Crippen LogP contribution < -0.4 is 10.6 Å². The van der Waals surface area contributed by atoms with Gasteiger partial charge in [0.1, 0.15) is 11.6 Å². The topological polar surface area (TPSA) is 84.2 Å². The first-order chi connectivity index (χ1) is 18.4. The molecule has 2 heterocycles. The molecule has 38 heavy (non-hydrogen) atoms. The summed E-state index contributed by atoms with van der Waals surface area (Å²) in [6.07, 6.45) is 11.3. The molecule has 0 saturated heterocycles. The van der Waals surface area contributed by atoms with Gasteiger partial charge < -0.3 is 15.1 Å². The van der Waals surface area contributed by atoms with Crippen LogP contribution in [0.3, 0.4) is 0 Å². The van der Waals surface area contributed by atoms with E-state index in [0.29, 0.717) is 34.4 Å². The molecule has 0 aliphatic heterocycles. The highest BCUT2D eigenvalue weighted by atomic mass is 19.1. The molecule has 0 bridgehead atoms. The lowest BCUT2D eigenvalue weighted by Crippen LogP contribution is -2.53. The molecule has 2 aliphatic carbocycles. The molecule has 0 spiro atoms. The highest BCUT2D eigenvalue weighted by Gasteiger charge is 2.37. The molecule has 1 aromatic carbocycles. The first kappa shape index (κ1) is 25.9. The molecule has 198 valence electrons. The van der Waals surface area contributed by atoms with Crippen molar-refractivity contribution in [2.75, 3.05) is 7.05 Å². The Balaban J connectivity index is 1.60. The summed E-state index contributed by atoms with van der Waals surface area (Å²) in [6.45, 7) is 4.22. The largest absolute Gasteiger partial charge is 0.437 e. The number of benzene rings is 1. The quantitative estimate of drug-likeness (QED) is 0.359. The molecule has 2 aromatic heterocycles. The fraction of sp³-hybridized carbons (Fsp3) is 0.387. The molecule has 1 fully saturated rings. The molecule has 5 rings (SSSR count). The van der Waals surface area contributed by atoms with Gasteiger partial charge in [-0.15, -0.1) is 0 Å². The summed E-state index contributed by atoms with van der Waals surface area (Å²) in [5.41, 5.74) is 4.72. The fourth-order valence-corrected chi connectivity index (χ4v) is 5.45. The van der Waals surface area contributed by atoms with Gasteiger partial charge in [-0.1, -0.05) is 26.3 Å². The second-order valence-corrected chi connectivity index (χ2v) is 10.3. The van der Waals surface area contributed by atoms with Gasteiger partial charge in [0.05, 0.1) is 16.6 Å². The van der Waals surface area contributed by atoms with E-state index in [1.165, 1.54) is 12.1 Å². The van der Waals surface area contributed by atoms with E-state index in [-0.39, 0.29) is 23.2 Å². The lowest BCUT2D eigenvalue weighted by atomic mass is 9.74. The van der Waals surface area contributed by atoms with E-state index in [9.17, 15) is 14.0 Å².